The molecule has 1 unspecified atom stereocenters. The number of aliphatic imine (C=N–C) groups is 2. The topological polar surface area (TPSA) is 63.0 Å². The Balaban J connectivity index is 1.11. The van der Waals surface area contributed by atoms with Gasteiger partial charge in [0.1, 0.15) is 34.0 Å². The highest BCUT2D eigenvalue weighted by molar-refractivity contribution is 6.28. The van der Waals surface area contributed by atoms with Crippen LogP contribution in [0.25, 0.3) is 87.3 Å². The summed E-state index contributed by atoms with van der Waals surface area (Å²) in [5.41, 5.74) is 8.49. The van der Waals surface area contributed by atoms with Crippen molar-refractivity contribution in [3.8, 4) is 11.1 Å². The van der Waals surface area contributed by atoms with Crippen LogP contribution in [0, 0.1) is 0 Å². The van der Waals surface area contributed by atoms with Crippen LogP contribution in [0.2, 0.25) is 0 Å². The number of amidine groups is 2. The molecule has 0 saturated carbocycles. The maximum Gasteiger partial charge on any atom is 0.170 e. The summed E-state index contributed by atoms with van der Waals surface area (Å²) < 4.78 is 12.7. The van der Waals surface area contributed by atoms with E-state index < -0.39 is 6.17 Å². The zero-order valence-electron chi connectivity index (χ0n) is 30.0. The van der Waals surface area contributed by atoms with Crippen LogP contribution in [0.1, 0.15) is 22.9 Å². The Morgan fingerprint density at radius 1 is 0.375 bits per heavy atom. The molecule has 1 N–H and O–H groups in total. The predicted octanol–water partition coefficient (Wildman–Crippen LogP) is 13.1. The van der Waals surface area contributed by atoms with Gasteiger partial charge in [-0.1, -0.05) is 140 Å². The smallest absolute Gasteiger partial charge is 0.170 e. The molecule has 262 valence electrons. The average molecular weight is 718 g/mol. The molecule has 1 aliphatic heterocycles. The standard InChI is InChI=1S/C51H31N3O2/c1-3-14-33-30(12-1)24-27-39-42(28-31-13-2-4-15-34(31)47(33)39)51-53-49(32-25-26-37-36-17-7-9-21-43(36)56-46(37)29-32)52-50(54-51)40-18-6-5-16-35(40)38-20-11-23-45-48(38)41-19-8-10-22-44(41)55-45/h1-29,50H,(H,52,53,54). The van der Waals surface area contributed by atoms with Crippen molar-refractivity contribution < 1.29 is 8.83 Å². The van der Waals surface area contributed by atoms with Crippen molar-refractivity contribution in [2.75, 3.05) is 0 Å². The quantitative estimate of drug-likeness (QED) is 0.184. The van der Waals surface area contributed by atoms with Gasteiger partial charge in [-0.05, 0) is 79.8 Å². The molecule has 0 amide bonds. The molecule has 1 atom stereocenters. The van der Waals surface area contributed by atoms with E-state index in [0.29, 0.717) is 0 Å². The molecule has 0 spiro atoms. The van der Waals surface area contributed by atoms with Gasteiger partial charge in [0.15, 0.2) is 6.17 Å². The zero-order valence-corrected chi connectivity index (χ0v) is 30.0. The van der Waals surface area contributed by atoms with Crippen molar-refractivity contribution >= 4 is 87.9 Å². The van der Waals surface area contributed by atoms with Crippen LogP contribution in [0.5, 0.6) is 0 Å². The molecule has 3 heterocycles. The number of hydrogen-bond acceptors (Lipinski definition) is 5. The fourth-order valence-electron chi connectivity index (χ4n) is 8.78. The second kappa shape index (κ2) is 12.0. The van der Waals surface area contributed by atoms with Crippen molar-refractivity contribution in [3.05, 3.63) is 193 Å². The molecule has 2 aromatic heterocycles. The summed E-state index contributed by atoms with van der Waals surface area (Å²) in [5, 5.41) is 15.2. The molecular weight excluding hydrogens is 687 g/mol. The number of rotatable bonds is 4. The highest BCUT2D eigenvalue weighted by Gasteiger charge is 2.26. The van der Waals surface area contributed by atoms with Gasteiger partial charge < -0.3 is 14.2 Å². The first-order chi connectivity index (χ1) is 27.7. The Morgan fingerprint density at radius 3 is 1.86 bits per heavy atom. The molecule has 0 radical (unpaired) electrons. The van der Waals surface area contributed by atoms with Gasteiger partial charge in [-0.15, -0.1) is 0 Å². The average Bonchev–Trinajstić information content (AvgIpc) is 3.84. The van der Waals surface area contributed by atoms with Crippen molar-refractivity contribution in [2.45, 2.75) is 6.17 Å². The monoisotopic (exact) mass is 717 g/mol. The lowest BCUT2D eigenvalue weighted by atomic mass is 9.92. The first-order valence-corrected chi connectivity index (χ1v) is 18.9. The summed E-state index contributed by atoms with van der Waals surface area (Å²) >= 11 is 0. The highest BCUT2D eigenvalue weighted by atomic mass is 16.3. The van der Waals surface area contributed by atoms with E-state index in [0.717, 1.165) is 94.1 Å². The molecule has 0 aliphatic carbocycles. The van der Waals surface area contributed by atoms with Gasteiger partial charge in [-0.3, -0.25) is 0 Å². The van der Waals surface area contributed by atoms with Crippen LogP contribution in [0.4, 0.5) is 0 Å². The molecule has 0 bridgehead atoms. The van der Waals surface area contributed by atoms with E-state index in [-0.39, 0.29) is 0 Å². The van der Waals surface area contributed by atoms with E-state index in [2.05, 4.69) is 145 Å². The van der Waals surface area contributed by atoms with Gasteiger partial charge in [-0.25, -0.2) is 9.98 Å². The van der Waals surface area contributed by atoms with E-state index in [1.54, 1.807) is 0 Å². The third-order valence-corrected chi connectivity index (χ3v) is 11.3. The van der Waals surface area contributed by atoms with Gasteiger partial charge in [0.05, 0.1) is 0 Å². The summed E-state index contributed by atoms with van der Waals surface area (Å²) in [6.45, 7) is 0. The van der Waals surface area contributed by atoms with Gasteiger partial charge >= 0.3 is 0 Å². The third-order valence-electron chi connectivity index (χ3n) is 11.3. The van der Waals surface area contributed by atoms with Crippen LogP contribution in [-0.2, 0) is 0 Å². The highest BCUT2D eigenvalue weighted by Crippen LogP contribution is 2.42. The molecular formula is C51H31N3O2. The predicted molar refractivity (Wildman–Crippen MR) is 231 cm³/mol. The molecule has 9 aromatic carbocycles. The third kappa shape index (κ3) is 4.67. The van der Waals surface area contributed by atoms with Crippen LogP contribution in [-0.4, -0.2) is 11.7 Å². The lowest BCUT2D eigenvalue weighted by Gasteiger charge is -2.25. The van der Waals surface area contributed by atoms with Crippen molar-refractivity contribution in [1.29, 1.82) is 0 Å². The number of benzene rings is 9. The Kier molecular flexibility index (Phi) is 6.63. The van der Waals surface area contributed by atoms with Gasteiger partial charge in [0.25, 0.3) is 0 Å². The number of furan rings is 2. The molecule has 1 aliphatic rings. The molecule has 0 fully saturated rings. The molecule has 5 nitrogen and oxygen atoms in total. The molecule has 0 saturated heterocycles. The fourth-order valence-corrected chi connectivity index (χ4v) is 8.78. The number of nitrogens with one attached hydrogen (secondary N) is 1. The van der Waals surface area contributed by atoms with Crippen molar-refractivity contribution in [3.63, 3.8) is 0 Å². The first-order valence-electron chi connectivity index (χ1n) is 18.9. The van der Waals surface area contributed by atoms with Crippen molar-refractivity contribution in [1.82, 2.24) is 5.32 Å². The molecule has 12 rings (SSSR count). The second-order valence-corrected chi connectivity index (χ2v) is 14.5. The number of para-hydroxylation sites is 2. The van der Waals surface area contributed by atoms with Gasteiger partial charge in [0, 0.05) is 38.2 Å². The first kappa shape index (κ1) is 30.9. The number of nitrogens with zero attached hydrogens (tertiary/aromatic N) is 2. The Morgan fingerprint density at radius 2 is 0.982 bits per heavy atom. The number of hydrogen-bond donors (Lipinski definition) is 1. The van der Waals surface area contributed by atoms with E-state index >= 15 is 0 Å². The molecule has 11 aromatic rings. The lowest BCUT2D eigenvalue weighted by molar-refractivity contribution is 0.668. The minimum absolute atomic E-state index is 0.556. The summed E-state index contributed by atoms with van der Waals surface area (Å²) in [7, 11) is 0. The van der Waals surface area contributed by atoms with E-state index in [1.807, 2.05) is 36.4 Å². The molecule has 56 heavy (non-hydrogen) atoms. The zero-order chi connectivity index (χ0) is 36.7. The van der Waals surface area contributed by atoms with Crippen LogP contribution in [0.15, 0.2) is 195 Å². The van der Waals surface area contributed by atoms with Crippen LogP contribution >= 0.6 is 0 Å². The minimum Gasteiger partial charge on any atom is -0.456 e. The Bertz CT molecular complexity index is 3460. The van der Waals surface area contributed by atoms with Gasteiger partial charge in [0.2, 0.25) is 0 Å². The maximum atomic E-state index is 6.38. The van der Waals surface area contributed by atoms with E-state index in [4.69, 9.17) is 18.8 Å². The summed E-state index contributed by atoms with van der Waals surface area (Å²) in [6, 6.07) is 61.6. The van der Waals surface area contributed by atoms with E-state index in [9.17, 15) is 0 Å². The lowest BCUT2D eigenvalue weighted by Crippen LogP contribution is -2.36. The van der Waals surface area contributed by atoms with Crippen LogP contribution < -0.4 is 5.32 Å². The molecule has 5 heteroatoms. The summed E-state index contributed by atoms with van der Waals surface area (Å²) in [4.78, 5) is 10.9. The maximum absolute atomic E-state index is 6.38. The second-order valence-electron chi connectivity index (χ2n) is 14.5. The SMILES string of the molecule is c1ccc(C2N=C(c3ccc4c(c3)oc3ccccc34)NC(c3cc4ccccc4c4c3ccc3ccccc34)=N2)c(-c2cccc3oc4ccccc4c23)c1. The van der Waals surface area contributed by atoms with E-state index in [1.165, 1.54) is 21.5 Å². The summed E-state index contributed by atoms with van der Waals surface area (Å²) in [6.07, 6.45) is -0.556. The fraction of sp³-hybridized carbons (Fsp3) is 0.0196. The largest absolute Gasteiger partial charge is 0.456 e. The normalized spacial score (nSPS) is 14.6. The Hall–Kier alpha value is -7.50. The van der Waals surface area contributed by atoms with Crippen molar-refractivity contribution in [2.24, 2.45) is 9.98 Å². The number of fused-ring (bicyclic) bond motifs is 11. The minimum atomic E-state index is -0.556. The van der Waals surface area contributed by atoms with Crippen LogP contribution in [0.3, 0.4) is 0 Å². The summed E-state index contributed by atoms with van der Waals surface area (Å²) in [5.74, 6) is 1.49. The van der Waals surface area contributed by atoms with Gasteiger partial charge in [-0.2, -0.15) is 0 Å². The Labute approximate surface area is 320 Å².